The first-order valence-electron chi connectivity index (χ1n) is 10.9. The monoisotopic (exact) mass is 495 g/mol. The summed E-state index contributed by atoms with van der Waals surface area (Å²) in [6.07, 6.45) is 1.86. The normalized spacial score (nSPS) is 15.0. The molecule has 4 nitrogen and oxygen atoms in total. The van der Waals surface area contributed by atoms with Crippen LogP contribution in [-0.2, 0) is 4.79 Å². The second kappa shape index (κ2) is 11.1. The number of hydrogen-bond donors (Lipinski definition) is 0. The van der Waals surface area contributed by atoms with Crippen LogP contribution in [0.4, 0.5) is 0 Å². The number of carbonyl (C=O) groups excluding carboxylic acids is 1. The Morgan fingerprint density at radius 3 is 2.64 bits per heavy atom. The van der Waals surface area contributed by atoms with Crippen molar-refractivity contribution in [2.24, 2.45) is 0 Å². The largest absolute Gasteiger partial charge is 0.490 e. The van der Waals surface area contributed by atoms with Crippen LogP contribution in [0.2, 0.25) is 0 Å². The fraction of sp³-hybridized carbons (Fsp3) is 0.231. The van der Waals surface area contributed by atoms with Crippen molar-refractivity contribution in [3.8, 4) is 11.5 Å². The molecule has 0 bridgehead atoms. The number of likely N-dealkylation sites (N-methyl/N-ethyl adjacent to an activating group) is 1. The lowest BCUT2D eigenvalue weighted by Gasteiger charge is -2.13. The number of nitrogens with zero attached hydrogens (tertiary/aromatic N) is 1. The van der Waals surface area contributed by atoms with E-state index in [0.29, 0.717) is 40.5 Å². The van der Waals surface area contributed by atoms with Crippen molar-refractivity contribution in [2.75, 3.05) is 25.5 Å². The van der Waals surface area contributed by atoms with Crippen LogP contribution in [0.1, 0.15) is 19.4 Å². The summed E-state index contributed by atoms with van der Waals surface area (Å²) in [4.78, 5) is 16.0. The first-order chi connectivity index (χ1) is 16.1. The summed E-state index contributed by atoms with van der Waals surface area (Å²) >= 11 is 8.42. The SMILES string of the molecule is CCOc1cc(/C=C2\SC(=S)N(CC)C2=O)ccc1OCCSc1cccc2ccccc12. The third-order valence-corrected chi connectivity index (χ3v) is 7.52. The number of amides is 1. The molecule has 33 heavy (non-hydrogen) atoms. The zero-order valence-electron chi connectivity index (χ0n) is 18.6. The van der Waals surface area contributed by atoms with Crippen molar-refractivity contribution in [2.45, 2.75) is 18.7 Å². The Morgan fingerprint density at radius 1 is 1.03 bits per heavy atom. The van der Waals surface area contributed by atoms with Crippen LogP contribution in [-0.4, -0.2) is 40.6 Å². The van der Waals surface area contributed by atoms with Gasteiger partial charge in [-0.3, -0.25) is 9.69 Å². The predicted octanol–water partition coefficient (Wildman–Crippen LogP) is 6.63. The lowest BCUT2D eigenvalue weighted by atomic mass is 10.1. The first-order valence-corrected chi connectivity index (χ1v) is 13.1. The van der Waals surface area contributed by atoms with E-state index in [1.807, 2.05) is 38.1 Å². The lowest BCUT2D eigenvalue weighted by molar-refractivity contribution is -0.121. The van der Waals surface area contributed by atoms with E-state index in [1.165, 1.54) is 27.4 Å². The summed E-state index contributed by atoms with van der Waals surface area (Å²) in [6.45, 7) is 5.53. The van der Waals surface area contributed by atoms with Gasteiger partial charge in [0.1, 0.15) is 4.32 Å². The van der Waals surface area contributed by atoms with Crippen LogP contribution in [0, 0.1) is 0 Å². The number of hydrogen-bond acceptors (Lipinski definition) is 6. The standard InChI is InChI=1S/C26H25NO3S3/c1-3-27-25(28)24(33-26(27)31)17-18-12-13-21(22(16-18)29-4-2)30-14-15-32-23-11-7-9-19-8-5-6-10-20(19)23/h5-13,16-17H,3-4,14-15H2,1-2H3/b24-17-. The highest BCUT2D eigenvalue weighted by Gasteiger charge is 2.30. The molecule has 1 aliphatic rings. The lowest BCUT2D eigenvalue weighted by Crippen LogP contribution is -2.27. The van der Waals surface area contributed by atoms with E-state index in [1.54, 1.807) is 16.7 Å². The maximum atomic E-state index is 12.5. The number of benzene rings is 3. The molecule has 170 valence electrons. The number of thiocarbonyl (C=S) groups is 1. The fourth-order valence-corrected chi connectivity index (χ4v) is 5.84. The van der Waals surface area contributed by atoms with Crippen LogP contribution in [0.5, 0.6) is 11.5 Å². The van der Waals surface area contributed by atoms with Gasteiger partial charge in [-0.2, -0.15) is 0 Å². The molecule has 0 unspecified atom stereocenters. The molecular formula is C26H25NO3S3. The Hall–Kier alpha value is -2.48. The second-order valence-corrected chi connectivity index (χ2v) is 10.1. The van der Waals surface area contributed by atoms with Gasteiger partial charge in [0.2, 0.25) is 0 Å². The van der Waals surface area contributed by atoms with E-state index in [9.17, 15) is 4.79 Å². The van der Waals surface area contributed by atoms with Crippen molar-refractivity contribution in [3.63, 3.8) is 0 Å². The van der Waals surface area contributed by atoms with Crippen molar-refractivity contribution in [1.29, 1.82) is 0 Å². The molecule has 7 heteroatoms. The van der Waals surface area contributed by atoms with Crippen LogP contribution in [0.3, 0.4) is 0 Å². The third-order valence-electron chi connectivity index (χ3n) is 5.10. The average molecular weight is 496 g/mol. The summed E-state index contributed by atoms with van der Waals surface area (Å²) in [5.41, 5.74) is 0.882. The van der Waals surface area contributed by atoms with Crippen molar-refractivity contribution in [3.05, 3.63) is 71.1 Å². The van der Waals surface area contributed by atoms with Gasteiger partial charge in [-0.1, -0.05) is 66.4 Å². The van der Waals surface area contributed by atoms with E-state index >= 15 is 0 Å². The molecular weight excluding hydrogens is 470 g/mol. The molecule has 1 heterocycles. The molecule has 0 N–H and O–H groups in total. The highest BCUT2D eigenvalue weighted by Crippen LogP contribution is 2.35. The van der Waals surface area contributed by atoms with Gasteiger partial charge in [-0.05, 0) is 54.5 Å². The predicted molar refractivity (Wildman–Crippen MR) is 143 cm³/mol. The van der Waals surface area contributed by atoms with Gasteiger partial charge in [0.05, 0.1) is 18.1 Å². The Balaban J connectivity index is 1.42. The maximum absolute atomic E-state index is 12.5. The minimum atomic E-state index is -0.0451. The molecule has 0 spiro atoms. The zero-order chi connectivity index (χ0) is 23.2. The van der Waals surface area contributed by atoms with Gasteiger partial charge < -0.3 is 9.47 Å². The van der Waals surface area contributed by atoms with Crippen molar-refractivity contribution in [1.82, 2.24) is 4.90 Å². The van der Waals surface area contributed by atoms with Crippen LogP contribution >= 0.6 is 35.7 Å². The maximum Gasteiger partial charge on any atom is 0.266 e. The molecule has 0 atom stereocenters. The number of fused-ring (bicyclic) bond motifs is 1. The topological polar surface area (TPSA) is 38.8 Å². The van der Waals surface area contributed by atoms with Gasteiger partial charge in [0.25, 0.3) is 5.91 Å². The minimum Gasteiger partial charge on any atom is -0.490 e. The molecule has 0 aliphatic carbocycles. The molecule has 1 amide bonds. The number of ether oxygens (including phenoxy) is 2. The molecule has 1 saturated heterocycles. The zero-order valence-corrected chi connectivity index (χ0v) is 21.0. The Kier molecular flexibility index (Phi) is 7.96. The molecule has 1 fully saturated rings. The fourth-order valence-electron chi connectivity index (χ4n) is 3.55. The quantitative estimate of drug-likeness (QED) is 0.144. The van der Waals surface area contributed by atoms with E-state index in [2.05, 4.69) is 42.5 Å². The number of rotatable bonds is 9. The summed E-state index contributed by atoms with van der Waals surface area (Å²) in [5.74, 6) is 2.15. The summed E-state index contributed by atoms with van der Waals surface area (Å²) in [6, 6.07) is 20.5. The van der Waals surface area contributed by atoms with E-state index in [4.69, 9.17) is 21.7 Å². The average Bonchev–Trinajstić information content (AvgIpc) is 3.10. The molecule has 0 saturated carbocycles. The molecule has 1 aliphatic heterocycles. The highest BCUT2D eigenvalue weighted by molar-refractivity contribution is 8.26. The minimum absolute atomic E-state index is 0.0451. The molecule has 3 aromatic carbocycles. The Morgan fingerprint density at radius 2 is 1.85 bits per heavy atom. The number of carbonyl (C=O) groups is 1. The summed E-state index contributed by atoms with van der Waals surface area (Å²) in [5, 5.41) is 2.51. The summed E-state index contributed by atoms with van der Waals surface area (Å²) < 4.78 is 12.5. The van der Waals surface area contributed by atoms with Gasteiger partial charge in [0.15, 0.2) is 11.5 Å². The van der Waals surface area contributed by atoms with Gasteiger partial charge >= 0.3 is 0 Å². The first kappa shape index (κ1) is 23.7. The third kappa shape index (κ3) is 5.54. The molecule has 4 rings (SSSR count). The second-order valence-electron chi connectivity index (χ2n) is 7.24. The van der Waals surface area contributed by atoms with Gasteiger partial charge in [0, 0.05) is 17.2 Å². The van der Waals surface area contributed by atoms with Gasteiger partial charge in [-0.25, -0.2) is 0 Å². The van der Waals surface area contributed by atoms with Crippen LogP contribution < -0.4 is 9.47 Å². The molecule has 3 aromatic rings. The molecule has 0 radical (unpaired) electrons. The highest BCUT2D eigenvalue weighted by atomic mass is 32.2. The Bertz CT molecular complexity index is 1200. The smallest absolute Gasteiger partial charge is 0.266 e. The molecule has 0 aromatic heterocycles. The summed E-state index contributed by atoms with van der Waals surface area (Å²) in [7, 11) is 0. The van der Waals surface area contributed by atoms with E-state index in [0.717, 1.165) is 11.3 Å². The van der Waals surface area contributed by atoms with Crippen molar-refractivity contribution < 1.29 is 14.3 Å². The van der Waals surface area contributed by atoms with Crippen molar-refractivity contribution >= 4 is 62.8 Å². The van der Waals surface area contributed by atoms with Gasteiger partial charge in [-0.15, -0.1) is 11.8 Å². The Labute approximate surface area is 208 Å². The van der Waals surface area contributed by atoms with Crippen LogP contribution in [0.15, 0.2) is 70.5 Å². The van der Waals surface area contributed by atoms with E-state index < -0.39 is 0 Å². The number of thioether (sulfide) groups is 2. The van der Waals surface area contributed by atoms with Crippen LogP contribution in [0.25, 0.3) is 16.8 Å². The van der Waals surface area contributed by atoms with E-state index in [-0.39, 0.29) is 5.91 Å².